The maximum absolute atomic E-state index is 13.6. The number of rotatable bonds is 7. The van der Waals surface area contributed by atoms with Crippen LogP contribution in [0.2, 0.25) is 0 Å². The average Bonchev–Trinajstić information content (AvgIpc) is 3.62. The molecule has 12 nitrogen and oxygen atoms in total. The molecule has 3 atom stereocenters. The van der Waals surface area contributed by atoms with E-state index in [0.29, 0.717) is 5.58 Å². The number of aromatic nitrogens is 1. The Balaban J connectivity index is 1.31. The predicted molar refractivity (Wildman–Crippen MR) is 142 cm³/mol. The minimum atomic E-state index is -4.56. The highest BCUT2D eigenvalue weighted by molar-refractivity contribution is 8.04. The maximum Gasteiger partial charge on any atom is 0.415 e. The average molecular weight is 569 g/mol. The summed E-state index contributed by atoms with van der Waals surface area (Å²) in [5.41, 5.74) is 0.275. The van der Waals surface area contributed by atoms with Crippen LogP contribution in [0, 0.1) is 5.92 Å². The minimum absolute atomic E-state index is 0.00833. The van der Waals surface area contributed by atoms with Crippen molar-refractivity contribution < 1.29 is 36.7 Å². The van der Waals surface area contributed by atoms with E-state index in [1.165, 1.54) is 23.2 Å². The predicted octanol–water partition coefficient (Wildman–Crippen LogP) is 2.36. The largest absolute Gasteiger partial charge is 0.425 e. The Kier molecular flexibility index (Phi) is 7.43. The molecule has 0 radical (unpaired) electrons. The number of likely N-dealkylation sites (tertiary alicyclic amines) is 1. The molecule has 2 aliphatic heterocycles. The van der Waals surface area contributed by atoms with E-state index < -0.39 is 57.6 Å². The number of nitrogens with one attached hydrogen (secondary N) is 1. The Hall–Kier alpha value is -4.10. The number of ether oxygens (including phenoxy) is 1. The van der Waals surface area contributed by atoms with Crippen molar-refractivity contribution in [1.82, 2.24) is 19.5 Å². The molecule has 0 spiro atoms. The van der Waals surface area contributed by atoms with Crippen LogP contribution in [-0.2, 0) is 19.6 Å². The molecule has 2 aromatic heterocycles. The molecular weight excluding hydrogens is 540 g/mol. The van der Waals surface area contributed by atoms with Gasteiger partial charge >= 0.3 is 11.2 Å². The summed E-state index contributed by atoms with van der Waals surface area (Å²) in [6.07, 6.45) is 0.805. The number of hydrogen-bond donors (Lipinski definition) is 1. The summed E-state index contributed by atoms with van der Waals surface area (Å²) in [6, 6.07) is 9.99. The Labute approximate surface area is 230 Å². The summed E-state index contributed by atoms with van der Waals surface area (Å²) in [4.78, 5) is 57.3. The zero-order chi connectivity index (χ0) is 28.6. The van der Waals surface area contributed by atoms with Crippen LogP contribution in [0.1, 0.15) is 37.2 Å². The first kappa shape index (κ1) is 27.5. The van der Waals surface area contributed by atoms with Crippen LogP contribution in [0.3, 0.4) is 0 Å². The number of furan rings is 1. The smallest absolute Gasteiger partial charge is 0.415 e. The molecule has 40 heavy (non-hydrogen) atoms. The fraction of sp³-hybridized carbons (Fsp3) is 0.370. The van der Waals surface area contributed by atoms with Gasteiger partial charge in [-0.25, -0.2) is 13.2 Å². The second-order valence-corrected chi connectivity index (χ2v) is 12.0. The number of sulfonamides is 1. The highest BCUT2D eigenvalue weighted by Crippen LogP contribution is 2.33. The zero-order valence-electron chi connectivity index (χ0n) is 21.8. The van der Waals surface area contributed by atoms with Crippen molar-refractivity contribution in [3.8, 4) is 5.95 Å². The number of amides is 2. The van der Waals surface area contributed by atoms with Gasteiger partial charge in [0.1, 0.15) is 23.4 Å². The van der Waals surface area contributed by atoms with Crippen molar-refractivity contribution in [3.05, 3.63) is 60.4 Å². The van der Waals surface area contributed by atoms with Crippen molar-refractivity contribution in [2.24, 2.45) is 5.92 Å². The highest BCUT2D eigenvalue weighted by atomic mass is 32.2. The number of hydrogen-bond acceptors (Lipinski definition) is 9. The van der Waals surface area contributed by atoms with E-state index in [2.05, 4.69) is 10.3 Å². The third-order valence-corrected chi connectivity index (χ3v) is 8.67. The van der Waals surface area contributed by atoms with Gasteiger partial charge in [0.05, 0.1) is 12.6 Å². The molecule has 210 valence electrons. The molecule has 2 amide bonds. The highest BCUT2D eigenvalue weighted by Gasteiger charge is 2.55. The van der Waals surface area contributed by atoms with Gasteiger partial charge in [0.25, 0.3) is 16.0 Å². The molecule has 3 aromatic rings. The minimum Gasteiger partial charge on any atom is -0.425 e. The summed E-state index contributed by atoms with van der Waals surface area (Å²) in [5.74, 6) is -1.08. The number of nitrogens with zero attached hydrogens (tertiary/aromatic N) is 3. The van der Waals surface area contributed by atoms with E-state index >= 15 is 0 Å². The summed E-state index contributed by atoms with van der Waals surface area (Å²) < 4.78 is 38.0. The van der Waals surface area contributed by atoms with Crippen LogP contribution < -0.4 is 10.1 Å². The van der Waals surface area contributed by atoms with Crippen LogP contribution in [-0.4, -0.2) is 76.7 Å². The van der Waals surface area contributed by atoms with Crippen molar-refractivity contribution in [2.75, 3.05) is 13.1 Å². The van der Waals surface area contributed by atoms with Gasteiger partial charge in [-0.15, -0.1) is 0 Å². The molecule has 0 saturated carbocycles. The number of Topliss-reactive ketones (excluding diaryl/α,β-unsaturated/α-hetero) is 1. The lowest BCUT2D eigenvalue weighted by Gasteiger charge is -2.28. The topological polar surface area (TPSA) is 156 Å². The zero-order valence-corrected chi connectivity index (χ0v) is 22.7. The lowest BCUT2D eigenvalue weighted by atomic mass is 10.0. The molecule has 0 aliphatic carbocycles. The van der Waals surface area contributed by atoms with E-state index in [1.54, 1.807) is 30.3 Å². The van der Waals surface area contributed by atoms with Gasteiger partial charge in [0.2, 0.25) is 5.91 Å². The van der Waals surface area contributed by atoms with E-state index in [9.17, 15) is 27.6 Å². The number of benzene rings is 1. The van der Waals surface area contributed by atoms with Crippen molar-refractivity contribution in [2.45, 2.75) is 44.8 Å². The second-order valence-electron chi connectivity index (χ2n) is 10.2. The van der Waals surface area contributed by atoms with Gasteiger partial charge in [0.15, 0.2) is 5.78 Å². The first-order chi connectivity index (χ1) is 19.1. The van der Waals surface area contributed by atoms with Gasteiger partial charge in [-0.3, -0.25) is 19.4 Å². The Morgan fingerprint density at radius 3 is 2.60 bits per heavy atom. The number of ketones is 1. The summed E-state index contributed by atoms with van der Waals surface area (Å²) in [7, 11) is -4.56. The fourth-order valence-electron chi connectivity index (χ4n) is 5.23. The molecule has 5 rings (SSSR count). The van der Waals surface area contributed by atoms with Crippen molar-refractivity contribution in [1.29, 1.82) is 0 Å². The van der Waals surface area contributed by atoms with E-state index in [4.69, 9.17) is 9.15 Å². The van der Waals surface area contributed by atoms with Crippen LogP contribution >= 0.6 is 0 Å². The molecule has 4 heterocycles. The normalized spacial score (nSPS) is 20.1. The second kappa shape index (κ2) is 10.8. The van der Waals surface area contributed by atoms with E-state index in [-0.39, 0.29) is 36.9 Å². The Morgan fingerprint density at radius 2 is 1.90 bits per heavy atom. The van der Waals surface area contributed by atoms with Crippen molar-refractivity contribution in [3.63, 3.8) is 0 Å². The molecule has 2 saturated heterocycles. The van der Waals surface area contributed by atoms with Gasteiger partial charge < -0.3 is 19.4 Å². The molecule has 1 aromatic carbocycles. The lowest BCUT2D eigenvalue weighted by Crippen LogP contribution is -2.53. The number of carbonyl (C=O) groups excluding carboxylic acids is 4. The quantitative estimate of drug-likeness (QED) is 0.452. The van der Waals surface area contributed by atoms with E-state index in [1.807, 2.05) is 19.9 Å². The van der Waals surface area contributed by atoms with Crippen LogP contribution in [0.15, 0.2) is 59.1 Å². The molecule has 0 bridgehead atoms. The SMILES string of the molecule is CC(C)CC(NC(=O)Oc1cc2ccccc2o1)C(=O)N1CCC2C1C(=O)CN2S(=O)(=O)C(=O)c1ccccn1. The van der Waals surface area contributed by atoms with Crippen molar-refractivity contribution >= 4 is 43.9 Å². The molecule has 13 heteroatoms. The summed E-state index contributed by atoms with van der Waals surface area (Å²) in [5, 5.41) is 2.11. The molecule has 2 fully saturated rings. The monoisotopic (exact) mass is 568 g/mol. The third-order valence-electron chi connectivity index (χ3n) is 6.97. The van der Waals surface area contributed by atoms with Gasteiger partial charge in [-0.1, -0.05) is 38.1 Å². The third kappa shape index (κ3) is 5.21. The maximum atomic E-state index is 13.6. The van der Waals surface area contributed by atoms with Crippen LogP contribution in [0.5, 0.6) is 5.95 Å². The van der Waals surface area contributed by atoms with Gasteiger partial charge in [-0.05, 0) is 37.0 Å². The Morgan fingerprint density at radius 1 is 1.15 bits per heavy atom. The fourth-order valence-corrected chi connectivity index (χ4v) is 6.70. The number of fused-ring (bicyclic) bond motifs is 2. The molecule has 3 unspecified atom stereocenters. The number of pyridine rings is 1. The van der Waals surface area contributed by atoms with Crippen LogP contribution in [0.25, 0.3) is 11.0 Å². The molecule has 2 aliphatic rings. The lowest BCUT2D eigenvalue weighted by molar-refractivity contribution is -0.138. The number of carbonyl (C=O) groups is 4. The van der Waals surface area contributed by atoms with Crippen LogP contribution in [0.4, 0.5) is 4.79 Å². The molecular formula is C27H28N4O8S. The number of para-hydroxylation sites is 1. The first-order valence-electron chi connectivity index (χ1n) is 12.8. The van der Waals surface area contributed by atoms with Gasteiger partial charge in [-0.2, -0.15) is 4.31 Å². The van der Waals surface area contributed by atoms with Gasteiger partial charge in [0, 0.05) is 24.2 Å². The summed E-state index contributed by atoms with van der Waals surface area (Å²) >= 11 is 0. The van der Waals surface area contributed by atoms with E-state index in [0.717, 1.165) is 9.69 Å². The molecule has 1 N–H and O–H groups in total. The standard InChI is InChI=1S/C27H28N4O8S/c1-16(2)13-19(29-27(35)39-23-14-17-7-3-4-9-22(17)38-23)25(33)30-12-10-20-24(30)21(32)15-31(20)40(36,37)26(34)18-8-5-6-11-28-18/h3-9,11,14,16,19-20,24H,10,12-13,15H2,1-2H3,(H,29,35). The first-order valence-corrected chi connectivity index (χ1v) is 14.3. The Bertz CT molecular complexity index is 1540. The summed E-state index contributed by atoms with van der Waals surface area (Å²) in [6.45, 7) is 3.30.